The Morgan fingerprint density at radius 3 is 2.56 bits per heavy atom. The molecule has 0 unspecified atom stereocenters. The summed E-state index contributed by atoms with van der Waals surface area (Å²) in [6.45, 7) is 0.628. The Morgan fingerprint density at radius 1 is 0.963 bits per heavy atom. The number of anilines is 1. The molecule has 0 aliphatic carbocycles. The van der Waals surface area contributed by atoms with Crippen LogP contribution in [0.5, 0.6) is 0 Å². The minimum absolute atomic E-state index is 0.177. The summed E-state index contributed by atoms with van der Waals surface area (Å²) >= 11 is 1.65. The van der Waals surface area contributed by atoms with Crippen molar-refractivity contribution >= 4 is 38.4 Å². The molecule has 3 aromatic rings. The number of fused-ring (bicyclic) bond motifs is 1. The molecule has 0 saturated carbocycles. The molecule has 1 heterocycles. The number of benzene rings is 2. The van der Waals surface area contributed by atoms with Crippen molar-refractivity contribution in [2.24, 2.45) is 0 Å². The summed E-state index contributed by atoms with van der Waals surface area (Å²) in [7, 11) is 0. The van der Waals surface area contributed by atoms with Crippen molar-refractivity contribution in [2.75, 3.05) is 18.5 Å². The molecule has 6 heteroatoms. The molecule has 0 bridgehead atoms. The number of aromatic nitrogens is 1. The molecule has 0 radical (unpaired) electrons. The predicted molar refractivity (Wildman–Crippen MR) is 108 cm³/mol. The van der Waals surface area contributed by atoms with Crippen LogP contribution in [0.4, 0.5) is 5.13 Å². The molecule has 1 aromatic heterocycles. The highest BCUT2D eigenvalue weighted by atomic mass is 32.1. The maximum Gasteiger partial charge on any atom is 0.306 e. The Balaban J connectivity index is 1.26. The van der Waals surface area contributed by atoms with Gasteiger partial charge in [0.1, 0.15) is 0 Å². The van der Waals surface area contributed by atoms with Gasteiger partial charge < -0.3 is 10.1 Å². The van der Waals surface area contributed by atoms with Crippen LogP contribution in [0.15, 0.2) is 54.6 Å². The number of carbonyl (C=O) groups excluding carboxylic acids is 2. The molecule has 0 aliphatic heterocycles. The van der Waals surface area contributed by atoms with Gasteiger partial charge in [0, 0.05) is 18.5 Å². The van der Waals surface area contributed by atoms with E-state index < -0.39 is 0 Å². The van der Waals surface area contributed by atoms with E-state index in [0.717, 1.165) is 36.5 Å². The third kappa shape index (κ3) is 5.89. The summed E-state index contributed by atoms with van der Waals surface area (Å²) in [5.41, 5.74) is 1.57. The average molecular weight is 382 g/mol. The Hall–Kier alpha value is -2.73. The Kier molecular flexibility index (Phi) is 6.93. The Bertz CT molecular complexity index is 860. The van der Waals surface area contributed by atoms with E-state index in [0.29, 0.717) is 12.0 Å². The van der Waals surface area contributed by atoms with Crippen LogP contribution in [0.25, 0.3) is 10.2 Å². The van der Waals surface area contributed by atoms with Crippen LogP contribution in [-0.4, -0.2) is 29.9 Å². The maximum absolute atomic E-state index is 11.9. The van der Waals surface area contributed by atoms with Gasteiger partial charge in [-0.3, -0.25) is 9.59 Å². The standard InChI is InChI=1S/C21H22N2O3S/c24-18(16-9-3-1-4-10-16)15-26-20(25)13-5-2-8-14-22-21-23-17-11-6-7-12-19(17)27-21/h1,3-4,6-7,9-12H,2,5,8,13-15H2,(H,22,23). The lowest BCUT2D eigenvalue weighted by Gasteiger charge is -2.05. The number of nitrogens with one attached hydrogen (secondary N) is 1. The van der Waals surface area contributed by atoms with E-state index >= 15 is 0 Å². The summed E-state index contributed by atoms with van der Waals surface area (Å²) in [6, 6.07) is 16.9. The molecule has 0 amide bonds. The van der Waals surface area contributed by atoms with Crippen molar-refractivity contribution in [2.45, 2.75) is 25.7 Å². The molecule has 0 spiro atoms. The van der Waals surface area contributed by atoms with E-state index in [9.17, 15) is 9.59 Å². The van der Waals surface area contributed by atoms with E-state index in [1.807, 2.05) is 24.3 Å². The summed E-state index contributed by atoms with van der Waals surface area (Å²) in [5.74, 6) is -0.498. The number of esters is 1. The van der Waals surface area contributed by atoms with Crippen LogP contribution < -0.4 is 5.32 Å². The topological polar surface area (TPSA) is 68.3 Å². The zero-order valence-corrected chi connectivity index (χ0v) is 15.8. The van der Waals surface area contributed by atoms with Crippen molar-refractivity contribution in [1.29, 1.82) is 0 Å². The van der Waals surface area contributed by atoms with E-state index in [-0.39, 0.29) is 18.4 Å². The molecule has 0 aliphatic rings. The number of rotatable bonds is 10. The van der Waals surface area contributed by atoms with Gasteiger partial charge in [0.05, 0.1) is 10.2 Å². The minimum Gasteiger partial charge on any atom is -0.457 e. The molecule has 27 heavy (non-hydrogen) atoms. The maximum atomic E-state index is 11.9. The molecule has 0 fully saturated rings. The average Bonchev–Trinajstić information content (AvgIpc) is 3.12. The molecular formula is C21H22N2O3S. The first kappa shape index (κ1) is 19.0. The number of para-hydroxylation sites is 1. The van der Waals surface area contributed by atoms with Crippen LogP contribution in [0.3, 0.4) is 0 Å². The highest BCUT2D eigenvalue weighted by Crippen LogP contribution is 2.25. The summed E-state index contributed by atoms with van der Waals surface area (Å²) in [6.07, 6.45) is 2.95. The zero-order valence-electron chi connectivity index (χ0n) is 15.0. The SMILES string of the molecule is O=C(CCCCCNc1nc2ccccc2s1)OCC(=O)c1ccccc1. The highest BCUT2D eigenvalue weighted by molar-refractivity contribution is 7.22. The molecular weight excluding hydrogens is 360 g/mol. The second-order valence-corrected chi connectivity index (χ2v) is 7.20. The fourth-order valence-electron chi connectivity index (χ4n) is 2.64. The molecule has 140 valence electrons. The van der Waals surface area contributed by atoms with Gasteiger partial charge in [-0.2, -0.15) is 0 Å². The molecule has 0 atom stereocenters. The number of hydrogen-bond donors (Lipinski definition) is 1. The predicted octanol–water partition coefficient (Wildman–Crippen LogP) is 4.69. The first-order valence-corrected chi connectivity index (χ1v) is 9.87. The Labute approximate surface area is 162 Å². The highest BCUT2D eigenvalue weighted by Gasteiger charge is 2.09. The van der Waals surface area contributed by atoms with Crippen molar-refractivity contribution in [3.63, 3.8) is 0 Å². The summed E-state index contributed by atoms with van der Waals surface area (Å²) < 4.78 is 6.23. The second-order valence-electron chi connectivity index (χ2n) is 6.17. The van der Waals surface area contributed by atoms with Gasteiger partial charge in [-0.05, 0) is 25.0 Å². The number of Topliss-reactive ketones (excluding diaryl/α,β-unsaturated/α-hetero) is 1. The van der Waals surface area contributed by atoms with Crippen molar-refractivity contribution in [1.82, 2.24) is 4.98 Å². The number of ketones is 1. The van der Waals surface area contributed by atoms with E-state index in [1.165, 1.54) is 4.70 Å². The van der Waals surface area contributed by atoms with Gasteiger partial charge in [-0.15, -0.1) is 0 Å². The van der Waals surface area contributed by atoms with E-state index in [1.54, 1.807) is 35.6 Å². The number of hydrogen-bond acceptors (Lipinski definition) is 6. The second kappa shape index (κ2) is 9.83. The van der Waals surface area contributed by atoms with Crippen molar-refractivity contribution < 1.29 is 14.3 Å². The normalized spacial score (nSPS) is 10.7. The number of carbonyl (C=O) groups is 2. The lowest BCUT2D eigenvalue weighted by Crippen LogP contribution is -2.14. The zero-order chi connectivity index (χ0) is 18.9. The Morgan fingerprint density at radius 2 is 1.74 bits per heavy atom. The van der Waals surface area contributed by atoms with Crippen LogP contribution in [-0.2, 0) is 9.53 Å². The molecule has 5 nitrogen and oxygen atoms in total. The number of thiazole rings is 1. The van der Waals surface area contributed by atoms with Gasteiger partial charge in [0.15, 0.2) is 17.5 Å². The third-order valence-corrected chi connectivity index (χ3v) is 5.08. The minimum atomic E-state index is -0.321. The number of nitrogens with zero attached hydrogens (tertiary/aromatic N) is 1. The number of ether oxygens (including phenoxy) is 1. The van der Waals surface area contributed by atoms with Gasteiger partial charge in [-0.25, -0.2) is 4.98 Å². The van der Waals surface area contributed by atoms with Crippen LogP contribution >= 0.6 is 11.3 Å². The fourth-order valence-corrected chi connectivity index (χ4v) is 3.53. The van der Waals surface area contributed by atoms with Crippen molar-refractivity contribution in [3.8, 4) is 0 Å². The lowest BCUT2D eigenvalue weighted by molar-refractivity contribution is -0.142. The van der Waals surface area contributed by atoms with Crippen LogP contribution in [0.2, 0.25) is 0 Å². The van der Waals surface area contributed by atoms with E-state index in [2.05, 4.69) is 16.4 Å². The first-order chi connectivity index (χ1) is 13.2. The van der Waals surface area contributed by atoms with Gasteiger partial charge in [0.25, 0.3) is 0 Å². The molecule has 2 aromatic carbocycles. The smallest absolute Gasteiger partial charge is 0.306 e. The monoisotopic (exact) mass is 382 g/mol. The third-order valence-electron chi connectivity index (χ3n) is 4.09. The summed E-state index contributed by atoms with van der Waals surface area (Å²) in [4.78, 5) is 28.1. The van der Waals surface area contributed by atoms with Crippen molar-refractivity contribution in [3.05, 3.63) is 60.2 Å². The number of unbranched alkanes of at least 4 members (excludes halogenated alkanes) is 2. The largest absolute Gasteiger partial charge is 0.457 e. The van der Waals surface area contributed by atoms with Gasteiger partial charge >= 0.3 is 5.97 Å². The molecule has 1 N–H and O–H groups in total. The van der Waals surface area contributed by atoms with E-state index in [4.69, 9.17) is 4.74 Å². The first-order valence-electron chi connectivity index (χ1n) is 9.06. The summed E-state index contributed by atoms with van der Waals surface area (Å²) in [5, 5.41) is 4.25. The molecule has 3 rings (SSSR count). The van der Waals surface area contributed by atoms with Crippen LogP contribution in [0.1, 0.15) is 36.0 Å². The molecule has 0 saturated heterocycles. The lowest BCUT2D eigenvalue weighted by atomic mass is 10.1. The fraction of sp³-hybridized carbons (Fsp3) is 0.286. The quantitative estimate of drug-likeness (QED) is 0.313. The van der Waals surface area contributed by atoms with Crippen LogP contribution in [0, 0.1) is 0 Å². The van der Waals surface area contributed by atoms with Gasteiger partial charge in [-0.1, -0.05) is 60.2 Å². The van der Waals surface area contributed by atoms with Gasteiger partial charge in [0.2, 0.25) is 0 Å².